The Morgan fingerprint density at radius 2 is 1.00 bits per heavy atom. The minimum Gasteiger partial charge on any atom is -0.507 e. The fourth-order valence-corrected chi connectivity index (χ4v) is 3.54. The SMILES string of the molecule is C=CCc1c(C)cc(C)c(Cc2c(C)cc(C)c(CC=C)c2O)c1O. The molecule has 0 spiro atoms. The summed E-state index contributed by atoms with van der Waals surface area (Å²) in [5.41, 5.74) is 7.76. The Kier molecular flexibility index (Phi) is 5.73. The Hall–Kier alpha value is -2.48. The van der Waals surface area contributed by atoms with Gasteiger partial charge in [0.25, 0.3) is 0 Å². The molecular formula is C23H28O2. The molecule has 0 heterocycles. The summed E-state index contributed by atoms with van der Waals surface area (Å²) in [6, 6.07) is 4.19. The van der Waals surface area contributed by atoms with Crippen molar-refractivity contribution in [1.29, 1.82) is 0 Å². The Bertz CT molecular complexity index is 759. The first-order chi connectivity index (χ1) is 11.8. The van der Waals surface area contributed by atoms with Gasteiger partial charge in [-0.25, -0.2) is 0 Å². The van der Waals surface area contributed by atoms with Crippen molar-refractivity contribution < 1.29 is 10.2 Å². The number of phenolic OH excluding ortho intramolecular Hbond substituents is 2. The topological polar surface area (TPSA) is 40.5 Å². The van der Waals surface area contributed by atoms with Crippen LogP contribution in [0.25, 0.3) is 0 Å². The molecule has 0 atom stereocenters. The summed E-state index contributed by atoms with van der Waals surface area (Å²) in [5.74, 6) is 0.643. The van der Waals surface area contributed by atoms with Gasteiger partial charge in [-0.3, -0.25) is 0 Å². The highest BCUT2D eigenvalue weighted by molar-refractivity contribution is 5.56. The molecule has 2 heteroatoms. The van der Waals surface area contributed by atoms with E-state index in [2.05, 4.69) is 25.3 Å². The second-order valence-corrected chi connectivity index (χ2v) is 6.79. The highest BCUT2D eigenvalue weighted by atomic mass is 16.3. The molecule has 2 rings (SSSR count). The summed E-state index contributed by atoms with van der Waals surface area (Å²) in [5, 5.41) is 21.6. The quantitative estimate of drug-likeness (QED) is 0.695. The van der Waals surface area contributed by atoms with Crippen LogP contribution in [0.1, 0.15) is 44.5 Å². The van der Waals surface area contributed by atoms with E-state index in [-0.39, 0.29) is 0 Å². The lowest BCUT2D eigenvalue weighted by atomic mass is 9.88. The van der Waals surface area contributed by atoms with Crippen LogP contribution in [0.15, 0.2) is 37.4 Å². The average Bonchev–Trinajstić information content (AvgIpc) is 2.54. The van der Waals surface area contributed by atoms with Crippen molar-refractivity contribution in [3.05, 3.63) is 82.0 Å². The third-order valence-electron chi connectivity index (χ3n) is 4.96. The lowest BCUT2D eigenvalue weighted by molar-refractivity contribution is 0.455. The molecule has 0 aliphatic heterocycles. The van der Waals surface area contributed by atoms with Gasteiger partial charge in [0, 0.05) is 28.7 Å². The van der Waals surface area contributed by atoms with Gasteiger partial charge in [-0.15, -0.1) is 13.2 Å². The number of allylic oxidation sites excluding steroid dienone is 2. The van der Waals surface area contributed by atoms with Crippen LogP contribution in [-0.2, 0) is 19.3 Å². The molecular weight excluding hydrogens is 308 g/mol. The monoisotopic (exact) mass is 336 g/mol. The Balaban J connectivity index is 2.61. The number of hydrogen-bond acceptors (Lipinski definition) is 2. The second kappa shape index (κ2) is 7.60. The zero-order valence-corrected chi connectivity index (χ0v) is 15.7. The third kappa shape index (κ3) is 3.63. The average molecular weight is 336 g/mol. The van der Waals surface area contributed by atoms with E-state index in [1.807, 2.05) is 27.7 Å². The Morgan fingerprint density at radius 1 is 0.680 bits per heavy atom. The molecule has 0 aromatic heterocycles. The second-order valence-electron chi connectivity index (χ2n) is 6.79. The van der Waals surface area contributed by atoms with Crippen LogP contribution in [0, 0.1) is 27.7 Å². The van der Waals surface area contributed by atoms with Crippen LogP contribution in [-0.4, -0.2) is 10.2 Å². The van der Waals surface area contributed by atoms with Gasteiger partial charge >= 0.3 is 0 Å². The summed E-state index contributed by atoms with van der Waals surface area (Å²) in [6.07, 6.45) is 5.37. The molecule has 2 N–H and O–H groups in total. The van der Waals surface area contributed by atoms with Crippen LogP contribution >= 0.6 is 0 Å². The maximum Gasteiger partial charge on any atom is 0.123 e. The van der Waals surface area contributed by atoms with E-state index in [0.717, 1.165) is 44.5 Å². The Labute approximate surface area is 151 Å². The first kappa shape index (κ1) is 18.9. The fourth-order valence-electron chi connectivity index (χ4n) is 3.54. The highest BCUT2D eigenvalue weighted by Gasteiger charge is 2.18. The summed E-state index contributed by atoms with van der Waals surface area (Å²) in [7, 11) is 0. The molecule has 2 aromatic carbocycles. The van der Waals surface area contributed by atoms with Crippen LogP contribution < -0.4 is 0 Å². The van der Waals surface area contributed by atoms with Crippen molar-refractivity contribution in [2.45, 2.75) is 47.0 Å². The molecule has 0 bridgehead atoms. The molecule has 0 aliphatic carbocycles. The van der Waals surface area contributed by atoms with E-state index >= 15 is 0 Å². The van der Waals surface area contributed by atoms with Crippen molar-refractivity contribution in [3.8, 4) is 11.5 Å². The molecule has 0 saturated heterocycles. The molecule has 2 nitrogen and oxygen atoms in total. The lowest BCUT2D eigenvalue weighted by Gasteiger charge is -2.19. The standard InChI is InChI=1S/C23H28O2/c1-7-9-18-14(3)11-16(5)20(22(18)24)13-21-17(6)12-15(4)19(10-8-2)23(21)25/h7-8,11-12,24-25H,1-2,9-10,13H2,3-6H3. The first-order valence-electron chi connectivity index (χ1n) is 8.65. The largest absolute Gasteiger partial charge is 0.507 e. The first-order valence-corrected chi connectivity index (χ1v) is 8.65. The highest BCUT2D eigenvalue weighted by Crippen LogP contribution is 2.36. The van der Waals surface area contributed by atoms with Gasteiger partial charge in [0.05, 0.1) is 0 Å². The van der Waals surface area contributed by atoms with Crippen LogP contribution in [0.5, 0.6) is 11.5 Å². The van der Waals surface area contributed by atoms with Gasteiger partial charge < -0.3 is 10.2 Å². The van der Waals surface area contributed by atoms with E-state index in [4.69, 9.17) is 0 Å². The minimum atomic E-state index is 0.321. The summed E-state index contributed by atoms with van der Waals surface area (Å²) >= 11 is 0. The molecule has 0 fully saturated rings. The summed E-state index contributed by atoms with van der Waals surface area (Å²) in [6.45, 7) is 15.6. The minimum absolute atomic E-state index is 0.321. The smallest absolute Gasteiger partial charge is 0.123 e. The molecule has 0 aliphatic rings. The number of aromatic hydroxyl groups is 2. The lowest BCUT2D eigenvalue weighted by Crippen LogP contribution is -2.03. The van der Waals surface area contributed by atoms with Crippen molar-refractivity contribution in [2.24, 2.45) is 0 Å². The number of phenols is 2. The predicted molar refractivity (Wildman–Crippen MR) is 106 cm³/mol. The van der Waals surface area contributed by atoms with E-state index in [1.165, 1.54) is 0 Å². The van der Waals surface area contributed by atoms with Gasteiger partial charge in [-0.1, -0.05) is 24.3 Å². The van der Waals surface area contributed by atoms with E-state index in [0.29, 0.717) is 30.8 Å². The molecule has 0 amide bonds. The number of hydrogen-bond donors (Lipinski definition) is 2. The maximum atomic E-state index is 10.8. The molecule has 0 saturated carbocycles. The number of benzene rings is 2. The number of aryl methyl sites for hydroxylation is 4. The van der Waals surface area contributed by atoms with Crippen molar-refractivity contribution in [2.75, 3.05) is 0 Å². The summed E-state index contributed by atoms with van der Waals surface area (Å²) < 4.78 is 0. The van der Waals surface area contributed by atoms with Gasteiger partial charge in [0.2, 0.25) is 0 Å². The van der Waals surface area contributed by atoms with E-state index in [9.17, 15) is 10.2 Å². The zero-order chi connectivity index (χ0) is 18.7. The van der Waals surface area contributed by atoms with Crippen molar-refractivity contribution >= 4 is 0 Å². The third-order valence-corrected chi connectivity index (χ3v) is 4.96. The summed E-state index contributed by atoms with van der Waals surface area (Å²) in [4.78, 5) is 0. The van der Waals surface area contributed by atoms with Crippen molar-refractivity contribution in [3.63, 3.8) is 0 Å². The molecule has 132 valence electrons. The van der Waals surface area contributed by atoms with E-state index in [1.54, 1.807) is 12.2 Å². The predicted octanol–water partition coefficient (Wildman–Crippen LogP) is 5.38. The van der Waals surface area contributed by atoms with Gasteiger partial charge in [-0.2, -0.15) is 0 Å². The molecule has 0 unspecified atom stereocenters. The Morgan fingerprint density at radius 3 is 1.32 bits per heavy atom. The maximum absolute atomic E-state index is 10.8. The van der Waals surface area contributed by atoms with Crippen LogP contribution in [0.3, 0.4) is 0 Å². The van der Waals surface area contributed by atoms with Gasteiger partial charge in [0.15, 0.2) is 0 Å². The zero-order valence-electron chi connectivity index (χ0n) is 15.7. The molecule has 25 heavy (non-hydrogen) atoms. The van der Waals surface area contributed by atoms with Crippen LogP contribution in [0.4, 0.5) is 0 Å². The van der Waals surface area contributed by atoms with Gasteiger partial charge in [0.1, 0.15) is 11.5 Å². The number of rotatable bonds is 6. The molecule has 0 radical (unpaired) electrons. The van der Waals surface area contributed by atoms with Crippen LogP contribution in [0.2, 0.25) is 0 Å². The normalized spacial score (nSPS) is 10.7. The fraction of sp³-hybridized carbons (Fsp3) is 0.304. The van der Waals surface area contributed by atoms with Gasteiger partial charge in [-0.05, 0) is 62.8 Å². The molecule has 2 aromatic rings. The van der Waals surface area contributed by atoms with E-state index < -0.39 is 0 Å². The van der Waals surface area contributed by atoms with Crippen molar-refractivity contribution in [1.82, 2.24) is 0 Å².